The molecule has 110 valence electrons. The van der Waals surface area contributed by atoms with E-state index < -0.39 is 10.2 Å². The Kier molecular flexibility index (Phi) is 3.42. The molecular formula is C16H10ClNO4. The van der Waals surface area contributed by atoms with E-state index in [1.54, 1.807) is 12.1 Å². The fourth-order valence-corrected chi connectivity index (χ4v) is 2.46. The minimum absolute atomic E-state index is 0.0814. The van der Waals surface area contributed by atoms with Crippen molar-refractivity contribution in [3.05, 3.63) is 63.2 Å². The number of ether oxygens (including phenoxy) is 1. The van der Waals surface area contributed by atoms with Crippen LogP contribution >= 0.6 is 11.6 Å². The average molecular weight is 316 g/mol. The summed E-state index contributed by atoms with van der Waals surface area (Å²) < 4.78 is 5.81. The zero-order chi connectivity index (χ0) is 15.9. The van der Waals surface area contributed by atoms with Gasteiger partial charge in [0, 0.05) is 28.8 Å². The van der Waals surface area contributed by atoms with Crippen molar-refractivity contribution >= 4 is 34.2 Å². The fraction of sp³-hybridized carbons (Fsp3) is 0.0625. The quantitative estimate of drug-likeness (QED) is 0.470. The van der Waals surface area contributed by atoms with Gasteiger partial charge in [-0.1, -0.05) is 12.1 Å². The van der Waals surface area contributed by atoms with E-state index in [0.717, 1.165) is 5.56 Å². The SMILES string of the molecule is Cc1ccc2c(c1)Oc1ccc([N+](=O)[O-])cc1C=C2C(=O)Cl. The molecule has 3 rings (SSSR count). The number of aryl methyl sites for hydroxylation is 1. The van der Waals surface area contributed by atoms with Crippen molar-refractivity contribution < 1.29 is 14.5 Å². The summed E-state index contributed by atoms with van der Waals surface area (Å²) in [6, 6.07) is 9.60. The van der Waals surface area contributed by atoms with Crippen LogP contribution in [0, 0.1) is 17.0 Å². The van der Waals surface area contributed by atoms with Gasteiger partial charge < -0.3 is 4.74 Å². The lowest BCUT2D eigenvalue weighted by molar-refractivity contribution is -0.384. The molecule has 0 aliphatic carbocycles. The zero-order valence-corrected chi connectivity index (χ0v) is 12.3. The van der Waals surface area contributed by atoms with Gasteiger partial charge in [-0.3, -0.25) is 14.9 Å². The largest absolute Gasteiger partial charge is 0.456 e. The van der Waals surface area contributed by atoms with Crippen molar-refractivity contribution in [2.75, 3.05) is 0 Å². The van der Waals surface area contributed by atoms with Crippen LogP contribution in [-0.2, 0) is 4.79 Å². The van der Waals surface area contributed by atoms with Crippen LogP contribution in [0.15, 0.2) is 36.4 Å². The maximum absolute atomic E-state index is 11.7. The second-order valence-electron chi connectivity index (χ2n) is 4.91. The van der Waals surface area contributed by atoms with Gasteiger partial charge in [-0.25, -0.2) is 0 Å². The molecule has 2 aromatic carbocycles. The number of hydrogen-bond acceptors (Lipinski definition) is 4. The minimum Gasteiger partial charge on any atom is -0.456 e. The zero-order valence-electron chi connectivity index (χ0n) is 11.5. The smallest absolute Gasteiger partial charge is 0.270 e. The number of non-ortho nitro benzene ring substituents is 1. The van der Waals surface area contributed by atoms with Crippen LogP contribution in [0.2, 0.25) is 0 Å². The molecule has 2 aromatic rings. The number of nitrogens with zero attached hydrogens (tertiary/aromatic N) is 1. The summed E-state index contributed by atoms with van der Waals surface area (Å²) in [5.41, 5.74) is 2.13. The van der Waals surface area contributed by atoms with Crippen molar-refractivity contribution in [3.8, 4) is 11.5 Å². The Hall–Kier alpha value is -2.66. The van der Waals surface area contributed by atoms with E-state index in [1.807, 2.05) is 13.0 Å². The summed E-state index contributed by atoms with van der Waals surface area (Å²) in [5, 5.41) is 10.3. The van der Waals surface area contributed by atoms with Gasteiger partial charge in [-0.2, -0.15) is 0 Å². The second-order valence-corrected chi connectivity index (χ2v) is 5.26. The molecule has 0 spiro atoms. The maximum atomic E-state index is 11.7. The molecule has 1 heterocycles. The second kappa shape index (κ2) is 5.27. The first-order valence-corrected chi connectivity index (χ1v) is 6.82. The summed E-state index contributed by atoms with van der Waals surface area (Å²) in [6.45, 7) is 1.90. The lowest BCUT2D eigenvalue weighted by atomic mass is 10.0. The van der Waals surface area contributed by atoms with Gasteiger partial charge >= 0.3 is 0 Å². The molecule has 1 aliphatic rings. The lowest BCUT2D eigenvalue weighted by Crippen LogP contribution is -1.95. The number of carbonyl (C=O) groups excluding carboxylic acids is 1. The topological polar surface area (TPSA) is 69.4 Å². The number of hydrogen-bond donors (Lipinski definition) is 0. The van der Waals surface area contributed by atoms with Crippen molar-refractivity contribution in [1.29, 1.82) is 0 Å². The van der Waals surface area contributed by atoms with E-state index in [9.17, 15) is 14.9 Å². The van der Waals surface area contributed by atoms with E-state index in [2.05, 4.69) is 0 Å². The third-order valence-electron chi connectivity index (χ3n) is 3.36. The first-order chi connectivity index (χ1) is 10.5. The van der Waals surface area contributed by atoms with E-state index in [1.165, 1.54) is 24.3 Å². The van der Waals surface area contributed by atoms with E-state index in [0.29, 0.717) is 22.6 Å². The van der Waals surface area contributed by atoms with Crippen LogP contribution in [0.5, 0.6) is 11.5 Å². The molecule has 5 nitrogen and oxygen atoms in total. The number of allylic oxidation sites excluding steroid dienone is 1. The minimum atomic E-state index is -0.645. The molecule has 0 N–H and O–H groups in total. The Morgan fingerprint density at radius 1 is 1.18 bits per heavy atom. The molecular weight excluding hydrogens is 306 g/mol. The molecule has 1 aliphatic heterocycles. The third-order valence-corrected chi connectivity index (χ3v) is 3.57. The number of carbonyl (C=O) groups is 1. The Morgan fingerprint density at radius 3 is 2.64 bits per heavy atom. The fourth-order valence-electron chi connectivity index (χ4n) is 2.31. The number of rotatable bonds is 2. The highest BCUT2D eigenvalue weighted by Gasteiger charge is 2.22. The summed E-state index contributed by atoms with van der Waals surface area (Å²) in [6.07, 6.45) is 1.51. The predicted octanol–water partition coefficient (Wildman–Crippen LogP) is 4.31. The number of fused-ring (bicyclic) bond motifs is 2. The number of halogens is 1. The van der Waals surface area contributed by atoms with Gasteiger partial charge in [-0.15, -0.1) is 0 Å². The predicted molar refractivity (Wildman–Crippen MR) is 83.1 cm³/mol. The number of nitro groups is 1. The molecule has 0 atom stereocenters. The van der Waals surface area contributed by atoms with Gasteiger partial charge in [0.25, 0.3) is 10.9 Å². The van der Waals surface area contributed by atoms with Crippen LogP contribution in [0.3, 0.4) is 0 Å². The third kappa shape index (κ3) is 2.46. The van der Waals surface area contributed by atoms with Crippen LogP contribution in [-0.4, -0.2) is 10.2 Å². The summed E-state index contributed by atoms with van der Waals surface area (Å²) in [7, 11) is 0. The van der Waals surface area contributed by atoms with Crippen LogP contribution in [0.25, 0.3) is 11.6 Å². The van der Waals surface area contributed by atoms with Crippen LogP contribution in [0.4, 0.5) is 5.69 Å². The van der Waals surface area contributed by atoms with E-state index in [-0.39, 0.29) is 11.3 Å². The van der Waals surface area contributed by atoms with E-state index >= 15 is 0 Å². The highest BCUT2D eigenvalue weighted by Crippen LogP contribution is 2.40. The average Bonchev–Trinajstić information content (AvgIpc) is 2.62. The molecule has 0 radical (unpaired) electrons. The normalized spacial score (nSPS) is 12.4. The van der Waals surface area contributed by atoms with Gasteiger partial charge in [0.1, 0.15) is 11.5 Å². The standard InChI is InChI=1S/C16H10ClNO4/c1-9-2-4-12-13(16(17)19)8-10-7-11(18(20)21)3-5-14(10)22-15(12)6-9/h2-8H,1H3. The van der Waals surface area contributed by atoms with Gasteiger partial charge in [-0.05, 0) is 42.3 Å². The molecule has 0 fully saturated rings. The summed E-state index contributed by atoms with van der Waals surface area (Å²) in [4.78, 5) is 22.1. The maximum Gasteiger partial charge on any atom is 0.270 e. The molecule has 0 unspecified atom stereocenters. The molecule has 22 heavy (non-hydrogen) atoms. The Balaban J connectivity index is 2.26. The molecule has 0 bridgehead atoms. The molecule has 0 aromatic heterocycles. The summed E-state index contributed by atoms with van der Waals surface area (Å²) >= 11 is 5.67. The van der Waals surface area contributed by atoms with E-state index in [4.69, 9.17) is 16.3 Å². The Labute approximate surface area is 130 Å². The van der Waals surface area contributed by atoms with Crippen molar-refractivity contribution in [2.24, 2.45) is 0 Å². The number of benzene rings is 2. The highest BCUT2D eigenvalue weighted by atomic mass is 35.5. The lowest BCUT2D eigenvalue weighted by Gasteiger charge is -2.10. The van der Waals surface area contributed by atoms with Gasteiger partial charge in [0.15, 0.2) is 0 Å². The number of nitro benzene ring substituents is 1. The van der Waals surface area contributed by atoms with Crippen LogP contribution < -0.4 is 4.74 Å². The Morgan fingerprint density at radius 2 is 1.95 bits per heavy atom. The van der Waals surface area contributed by atoms with Crippen molar-refractivity contribution in [3.63, 3.8) is 0 Å². The highest BCUT2D eigenvalue weighted by molar-refractivity contribution is 6.75. The van der Waals surface area contributed by atoms with Crippen LogP contribution in [0.1, 0.15) is 16.7 Å². The van der Waals surface area contributed by atoms with Crippen molar-refractivity contribution in [1.82, 2.24) is 0 Å². The molecule has 0 saturated heterocycles. The summed E-state index contributed by atoms with van der Waals surface area (Å²) in [5.74, 6) is 0.929. The molecule has 0 saturated carbocycles. The van der Waals surface area contributed by atoms with Gasteiger partial charge in [0.2, 0.25) is 0 Å². The first-order valence-electron chi connectivity index (χ1n) is 6.44. The first kappa shape index (κ1) is 14.3. The van der Waals surface area contributed by atoms with Gasteiger partial charge in [0.05, 0.1) is 4.92 Å². The Bertz CT molecular complexity index is 842. The monoisotopic (exact) mass is 315 g/mol. The molecule has 6 heteroatoms. The molecule has 0 amide bonds. The van der Waals surface area contributed by atoms with Crippen molar-refractivity contribution in [2.45, 2.75) is 6.92 Å².